The van der Waals surface area contributed by atoms with E-state index in [1.165, 1.54) is 0 Å². The van der Waals surface area contributed by atoms with E-state index in [2.05, 4.69) is 6.92 Å². The van der Waals surface area contributed by atoms with Crippen molar-refractivity contribution in [1.82, 2.24) is 9.80 Å². The van der Waals surface area contributed by atoms with Crippen molar-refractivity contribution in [2.24, 2.45) is 5.92 Å². The normalized spacial score (nSPS) is 16.5. The summed E-state index contributed by atoms with van der Waals surface area (Å²) in [5.41, 5.74) is 0.182. The van der Waals surface area contributed by atoms with E-state index in [4.69, 9.17) is 9.47 Å². The van der Waals surface area contributed by atoms with Gasteiger partial charge in [-0.2, -0.15) is 5.26 Å². The molecule has 6 heteroatoms. The molecule has 0 unspecified atom stereocenters. The molecular formula is C16H27N3O3. The minimum atomic E-state index is -0.172. The first-order valence-electron chi connectivity index (χ1n) is 7.75. The molecule has 0 atom stereocenters. The molecule has 0 radical (unpaired) electrons. The molecule has 1 rings (SSSR count). The largest absolute Gasteiger partial charge is 0.383 e. The fraction of sp³-hybridized carbons (Fsp3) is 0.750. The average Bonchev–Trinajstić information content (AvgIpc) is 2.54. The van der Waals surface area contributed by atoms with E-state index in [-0.39, 0.29) is 11.5 Å². The number of rotatable bonds is 8. The van der Waals surface area contributed by atoms with Crippen LogP contribution in [0.15, 0.2) is 11.8 Å². The third kappa shape index (κ3) is 6.04. The lowest BCUT2D eigenvalue weighted by Crippen LogP contribution is -2.39. The van der Waals surface area contributed by atoms with E-state index in [1.807, 2.05) is 11.0 Å². The minimum absolute atomic E-state index is 0.172. The van der Waals surface area contributed by atoms with Crippen LogP contribution < -0.4 is 0 Å². The van der Waals surface area contributed by atoms with Gasteiger partial charge in [-0.05, 0) is 18.8 Å². The molecule has 0 N–H and O–H groups in total. The fourth-order valence-corrected chi connectivity index (χ4v) is 2.35. The van der Waals surface area contributed by atoms with Crippen molar-refractivity contribution in [3.05, 3.63) is 11.8 Å². The quantitative estimate of drug-likeness (QED) is 0.499. The summed E-state index contributed by atoms with van der Waals surface area (Å²) in [7, 11) is 3.26. The zero-order chi connectivity index (χ0) is 16.4. The molecule has 0 aromatic carbocycles. The standard InChI is InChI=1S/C16H27N3O3/c1-14-4-6-19(7-5-14)16(20)15(12-17)13-18(8-10-21-2)9-11-22-3/h13-14H,4-11H2,1-3H3/b15-13-. The van der Waals surface area contributed by atoms with Crippen molar-refractivity contribution in [2.45, 2.75) is 19.8 Å². The number of piperidine rings is 1. The predicted octanol–water partition coefficient (Wildman–Crippen LogP) is 1.25. The average molecular weight is 309 g/mol. The Hall–Kier alpha value is -1.58. The number of amides is 1. The molecule has 124 valence electrons. The van der Waals surface area contributed by atoms with Crippen LogP contribution >= 0.6 is 0 Å². The number of nitriles is 1. The van der Waals surface area contributed by atoms with E-state index < -0.39 is 0 Å². The summed E-state index contributed by atoms with van der Waals surface area (Å²) in [6, 6.07) is 2.04. The number of nitrogens with zero attached hydrogens (tertiary/aromatic N) is 3. The monoisotopic (exact) mass is 309 g/mol. The second-order valence-electron chi connectivity index (χ2n) is 5.65. The Bertz CT molecular complexity index is 401. The molecule has 0 saturated carbocycles. The zero-order valence-electron chi connectivity index (χ0n) is 13.9. The lowest BCUT2D eigenvalue weighted by atomic mass is 9.99. The highest BCUT2D eigenvalue weighted by atomic mass is 16.5. The molecule has 0 aromatic rings. The van der Waals surface area contributed by atoms with E-state index in [1.54, 1.807) is 25.3 Å². The van der Waals surface area contributed by atoms with Gasteiger partial charge in [0, 0.05) is 46.6 Å². The van der Waals surface area contributed by atoms with Crippen LogP contribution in [0.1, 0.15) is 19.8 Å². The van der Waals surface area contributed by atoms with Crippen LogP contribution in [0.25, 0.3) is 0 Å². The highest BCUT2D eigenvalue weighted by Crippen LogP contribution is 2.17. The van der Waals surface area contributed by atoms with Gasteiger partial charge >= 0.3 is 0 Å². The topological polar surface area (TPSA) is 65.8 Å². The van der Waals surface area contributed by atoms with Crippen LogP contribution in [-0.2, 0) is 14.3 Å². The number of methoxy groups -OCH3 is 2. The Morgan fingerprint density at radius 3 is 2.27 bits per heavy atom. The third-order valence-corrected chi connectivity index (χ3v) is 3.90. The molecule has 0 aliphatic carbocycles. The Morgan fingerprint density at radius 2 is 1.82 bits per heavy atom. The van der Waals surface area contributed by atoms with Gasteiger partial charge < -0.3 is 19.3 Å². The van der Waals surface area contributed by atoms with Gasteiger partial charge in [0.25, 0.3) is 5.91 Å². The lowest BCUT2D eigenvalue weighted by Gasteiger charge is -2.30. The molecule has 1 saturated heterocycles. The zero-order valence-corrected chi connectivity index (χ0v) is 13.9. The number of hydrogen-bond donors (Lipinski definition) is 0. The maximum absolute atomic E-state index is 12.5. The molecule has 0 bridgehead atoms. The van der Waals surface area contributed by atoms with Crippen LogP contribution in [-0.4, -0.2) is 69.3 Å². The summed E-state index contributed by atoms with van der Waals surface area (Å²) < 4.78 is 10.1. The number of carbonyl (C=O) groups is 1. The smallest absolute Gasteiger partial charge is 0.266 e. The predicted molar refractivity (Wildman–Crippen MR) is 84.0 cm³/mol. The van der Waals surface area contributed by atoms with Gasteiger partial charge in [0.15, 0.2) is 0 Å². The van der Waals surface area contributed by atoms with Crippen LogP contribution in [0.3, 0.4) is 0 Å². The first-order chi connectivity index (χ1) is 10.6. The first-order valence-corrected chi connectivity index (χ1v) is 7.75. The molecule has 1 aliphatic heterocycles. The van der Waals surface area contributed by atoms with Crippen molar-refractivity contribution in [2.75, 3.05) is 53.6 Å². The van der Waals surface area contributed by atoms with Gasteiger partial charge in [-0.1, -0.05) is 6.92 Å². The van der Waals surface area contributed by atoms with Crippen molar-refractivity contribution in [3.8, 4) is 6.07 Å². The van der Waals surface area contributed by atoms with E-state index in [0.717, 1.165) is 25.9 Å². The molecule has 0 aromatic heterocycles. The summed E-state index contributed by atoms with van der Waals surface area (Å²) in [4.78, 5) is 16.1. The number of likely N-dealkylation sites (tertiary alicyclic amines) is 1. The summed E-state index contributed by atoms with van der Waals surface area (Å²) in [6.45, 7) is 5.97. The Labute approximate surface area is 133 Å². The fourth-order valence-electron chi connectivity index (χ4n) is 2.35. The number of hydrogen-bond acceptors (Lipinski definition) is 5. The van der Waals surface area contributed by atoms with E-state index >= 15 is 0 Å². The molecule has 1 fully saturated rings. The molecule has 1 aliphatic rings. The van der Waals surface area contributed by atoms with E-state index in [0.29, 0.717) is 32.2 Å². The molecule has 1 heterocycles. The molecule has 6 nitrogen and oxygen atoms in total. The van der Waals surface area contributed by atoms with Crippen LogP contribution in [0, 0.1) is 17.2 Å². The third-order valence-electron chi connectivity index (χ3n) is 3.90. The van der Waals surface area contributed by atoms with Gasteiger partial charge in [0.05, 0.1) is 13.2 Å². The summed E-state index contributed by atoms with van der Waals surface area (Å²) >= 11 is 0. The van der Waals surface area contributed by atoms with Gasteiger partial charge in [-0.15, -0.1) is 0 Å². The van der Waals surface area contributed by atoms with Gasteiger partial charge in [0.1, 0.15) is 11.6 Å². The second kappa shape index (κ2) is 10.2. The SMILES string of the molecule is COCCN(/C=C(/C#N)C(=O)N1CCC(C)CC1)CCOC. The molecule has 22 heavy (non-hydrogen) atoms. The van der Waals surface area contributed by atoms with Crippen molar-refractivity contribution in [1.29, 1.82) is 5.26 Å². The number of ether oxygens (including phenoxy) is 2. The lowest BCUT2D eigenvalue weighted by molar-refractivity contribution is -0.128. The first kappa shape index (κ1) is 18.5. The van der Waals surface area contributed by atoms with Crippen LogP contribution in [0.2, 0.25) is 0 Å². The highest BCUT2D eigenvalue weighted by molar-refractivity contribution is 5.97. The molecular weight excluding hydrogens is 282 g/mol. The van der Waals surface area contributed by atoms with Gasteiger partial charge in [-0.3, -0.25) is 4.79 Å². The van der Waals surface area contributed by atoms with Crippen LogP contribution in [0.5, 0.6) is 0 Å². The number of carbonyl (C=O) groups excluding carboxylic acids is 1. The Balaban J connectivity index is 2.72. The van der Waals surface area contributed by atoms with Crippen molar-refractivity contribution in [3.63, 3.8) is 0 Å². The summed E-state index contributed by atoms with van der Waals surface area (Å²) in [5, 5.41) is 9.32. The van der Waals surface area contributed by atoms with E-state index in [9.17, 15) is 10.1 Å². The van der Waals surface area contributed by atoms with Crippen molar-refractivity contribution < 1.29 is 14.3 Å². The Morgan fingerprint density at radius 1 is 1.27 bits per heavy atom. The van der Waals surface area contributed by atoms with Gasteiger partial charge in [0.2, 0.25) is 0 Å². The highest BCUT2D eigenvalue weighted by Gasteiger charge is 2.23. The molecule has 1 amide bonds. The summed E-state index contributed by atoms with van der Waals surface area (Å²) in [6.07, 6.45) is 3.64. The maximum Gasteiger partial charge on any atom is 0.266 e. The van der Waals surface area contributed by atoms with Crippen molar-refractivity contribution >= 4 is 5.91 Å². The molecule has 0 spiro atoms. The summed E-state index contributed by atoms with van der Waals surface area (Å²) in [5.74, 6) is 0.479. The second-order valence-corrected chi connectivity index (χ2v) is 5.65. The van der Waals surface area contributed by atoms with Crippen LogP contribution in [0.4, 0.5) is 0 Å². The Kier molecular flexibility index (Phi) is 8.56. The minimum Gasteiger partial charge on any atom is -0.383 e. The maximum atomic E-state index is 12.5. The van der Waals surface area contributed by atoms with Gasteiger partial charge in [-0.25, -0.2) is 0 Å².